The van der Waals surface area contributed by atoms with Crippen LogP contribution in [-0.4, -0.2) is 19.3 Å². The van der Waals surface area contributed by atoms with Crippen LogP contribution in [0, 0.1) is 0 Å². The van der Waals surface area contributed by atoms with Crippen molar-refractivity contribution in [3.05, 3.63) is 108 Å². The summed E-state index contributed by atoms with van der Waals surface area (Å²) in [6, 6.07) is 26.6. The minimum absolute atomic E-state index is 0.0627. The number of carbonyl (C=O) groups is 1. The third-order valence-corrected chi connectivity index (χ3v) is 6.81. The van der Waals surface area contributed by atoms with Crippen molar-refractivity contribution in [1.82, 2.24) is 4.98 Å². The number of para-hydroxylation sites is 2. The third-order valence-electron chi connectivity index (χ3n) is 5.16. The van der Waals surface area contributed by atoms with E-state index < -0.39 is 15.9 Å². The molecule has 5 aromatic rings. The molecule has 0 spiro atoms. The molecule has 35 heavy (non-hydrogen) atoms. The molecule has 0 bridgehead atoms. The summed E-state index contributed by atoms with van der Waals surface area (Å²) >= 11 is 5.84. The normalized spacial score (nSPS) is 11.3. The zero-order valence-electron chi connectivity index (χ0n) is 18.1. The van der Waals surface area contributed by atoms with Crippen LogP contribution in [0.3, 0.4) is 0 Å². The summed E-state index contributed by atoms with van der Waals surface area (Å²) in [5.74, 6) is 0.0492. The van der Waals surface area contributed by atoms with Crippen molar-refractivity contribution in [2.75, 3.05) is 10.0 Å². The molecule has 0 saturated heterocycles. The average Bonchev–Trinajstić information content (AvgIpc) is 3.29. The van der Waals surface area contributed by atoms with E-state index in [-0.39, 0.29) is 16.1 Å². The van der Waals surface area contributed by atoms with Crippen LogP contribution in [-0.2, 0) is 10.0 Å². The van der Waals surface area contributed by atoms with Crippen molar-refractivity contribution < 1.29 is 17.6 Å². The lowest BCUT2D eigenvalue weighted by Gasteiger charge is -2.10. The molecule has 1 aromatic heterocycles. The number of nitrogens with zero attached hydrogens (tertiary/aromatic N) is 1. The zero-order valence-corrected chi connectivity index (χ0v) is 19.7. The Morgan fingerprint density at radius 3 is 2.37 bits per heavy atom. The molecule has 0 radical (unpaired) electrons. The van der Waals surface area contributed by atoms with Crippen LogP contribution in [0.1, 0.15) is 10.4 Å². The minimum Gasteiger partial charge on any atom is -0.436 e. The summed E-state index contributed by atoms with van der Waals surface area (Å²) in [5, 5.41) is 3.26. The molecule has 9 heteroatoms. The molecule has 0 saturated carbocycles. The Morgan fingerprint density at radius 2 is 1.57 bits per heavy atom. The highest BCUT2D eigenvalue weighted by molar-refractivity contribution is 7.92. The van der Waals surface area contributed by atoms with Crippen molar-refractivity contribution in [3.8, 4) is 11.5 Å². The van der Waals surface area contributed by atoms with Gasteiger partial charge < -0.3 is 9.73 Å². The highest BCUT2D eigenvalue weighted by Crippen LogP contribution is 2.26. The van der Waals surface area contributed by atoms with Crippen molar-refractivity contribution in [2.45, 2.75) is 4.90 Å². The molecule has 2 N–H and O–H groups in total. The fourth-order valence-electron chi connectivity index (χ4n) is 3.48. The fraction of sp³-hybridized carbons (Fsp3) is 0. The first-order valence-electron chi connectivity index (χ1n) is 10.5. The molecular formula is C26H18ClN3O4S. The van der Waals surface area contributed by atoms with E-state index in [1.54, 1.807) is 36.4 Å². The van der Waals surface area contributed by atoms with E-state index in [0.29, 0.717) is 27.7 Å². The molecule has 1 heterocycles. The van der Waals surface area contributed by atoms with Crippen molar-refractivity contribution >= 4 is 50.0 Å². The molecule has 5 rings (SSSR count). The first kappa shape index (κ1) is 22.6. The Balaban J connectivity index is 1.34. The standard InChI is InChI=1S/C26H18ClN3O4S/c27-19-11-13-22(14-12-19)35(32,33)30-21-8-3-5-17(15-21)25(31)28-20-7-4-6-18(16-20)26-29-23-9-1-2-10-24(23)34-26/h1-16,30H,(H,28,31). The number of amides is 1. The van der Waals surface area contributed by atoms with E-state index in [4.69, 9.17) is 16.0 Å². The van der Waals surface area contributed by atoms with Crippen molar-refractivity contribution in [3.63, 3.8) is 0 Å². The molecular weight excluding hydrogens is 486 g/mol. The second-order valence-electron chi connectivity index (χ2n) is 7.66. The maximum absolute atomic E-state index is 12.9. The van der Waals surface area contributed by atoms with Gasteiger partial charge in [-0.2, -0.15) is 0 Å². The first-order valence-corrected chi connectivity index (χ1v) is 12.4. The number of benzene rings is 4. The van der Waals surface area contributed by atoms with Crippen LogP contribution in [0.2, 0.25) is 5.02 Å². The van der Waals surface area contributed by atoms with Gasteiger partial charge >= 0.3 is 0 Å². The Kier molecular flexibility index (Phi) is 5.98. The van der Waals surface area contributed by atoms with Crippen LogP contribution in [0.15, 0.2) is 106 Å². The Morgan fingerprint density at radius 1 is 0.829 bits per heavy atom. The van der Waals surface area contributed by atoms with Crippen LogP contribution >= 0.6 is 11.6 Å². The van der Waals surface area contributed by atoms with Crippen LogP contribution in [0.25, 0.3) is 22.6 Å². The van der Waals surface area contributed by atoms with Gasteiger partial charge in [0.1, 0.15) is 5.52 Å². The number of oxazole rings is 1. The molecule has 0 aliphatic carbocycles. The van der Waals surface area contributed by atoms with E-state index in [9.17, 15) is 13.2 Å². The number of anilines is 2. The van der Waals surface area contributed by atoms with E-state index in [1.807, 2.05) is 30.3 Å². The smallest absolute Gasteiger partial charge is 0.261 e. The third kappa shape index (κ3) is 5.03. The quantitative estimate of drug-likeness (QED) is 0.287. The monoisotopic (exact) mass is 503 g/mol. The second-order valence-corrected chi connectivity index (χ2v) is 9.78. The van der Waals surface area contributed by atoms with Gasteiger partial charge in [0.2, 0.25) is 5.89 Å². The van der Waals surface area contributed by atoms with Crippen LogP contribution < -0.4 is 10.0 Å². The Bertz CT molecular complexity index is 1610. The Labute approximate surface area is 206 Å². The van der Waals surface area contributed by atoms with Crippen molar-refractivity contribution in [2.24, 2.45) is 0 Å². The molecule has 4 aromatic carbocycles. The maximum atomic E-state index is 12.9. The van der Waals surface area contributed by atoms with Gasteiger partial charge in [0.15, 0.2) is 5.58 Å². The van der Waals surface area contributed by atoms with Crippen LogP contribution in [0.5, 0.6) is 0 Å². The largest absolute Gasteiger partial charge is 0.436 e. The second kappa shape index (κ2) is 9.25. The molecule has 0 aliphatic heterocycles. The summed E-state index contributed by atoms with van der Waals surface area (Å²) < 4.78 is 33.6. The number of rotatable bonds is 6. The molecule has 0 unspecified atom stereocenters. The number of hydrogen-bond acceptors (Lipinski definition) is 5. The maximum Gasteiger partial charge on any atom is 0.261 e. The summed E-state index contributed by atoms with van der Waals surface area (Å²) in [5.41, 5.74) is 3.22. The number of nitrogens with one attached hydrogen (secondary N) is 2. The number of aromatic nitrogens is 1. The molecule has 1 amide bonds. The highest BCUT2D eigenvalue weighted by atomic mass is 35.5. The number of fused-ring (bicyclic) bond motifs is 1. The summed E-state index contributed by atoms with van der Waals surface area (Å²) in [7, 11) is -3.84. The lowest BCUT2D eigenvalue weighted by atomic mass is 10.1. The molecule has 0 aliphatic rings. The van der Waals surface area contributed by atoms with Gasteiger partial charge in [-0.05, 0) is 72.8 Å². The predicted octanol–water partition coefficient (Wildman–Crippen LogP) is 6.20. The van der Waals surface area contributed by atoms with Crippen molar-refractivity contribution in [1.29, 1.82) is 0 Å². The van der Waals surface area contributed by atoms with Gasteiger partial charge in [0, 0.05) is 27.5 Å². The molecule has 7 nitrogen and oxygen atoms in total. The van der Waals surface area contributed by atoms with E-state index in [2.05, 4.69) is 15.0 Å². The fourth-order valence-corrected chi connectivity index (χ4v) is 4.66. The Hall–Kier alpha value is -4.14. The average molecular weight is 504 g/mol. The summed E-state index contributed by atoms with van der Waals surface area (Å²) in [6.07, 6.45) is 0. The highest BCUT2D eigenvalue weighted by Gasteiger charge is 2.16. The van der Waals surface area contributed by atoms with Crippen LogP contribution in [0.4, 0.5) is 11.4 Å². The lowest BCUT2D eigenvalue weighted by molar-refractivity contribution is 0.102. The van der Waals surface area contributed by atoms with Gasteiger partial charge in [-0.1, -0.05) is 35.9 Å². The number of sulfonamides is 1. The lowest BCUT2D eigenvalue weighted by Crippen LogP contribution is -2.15. The van der Waals surface area contributed by atoms with Gasteiger partial charge in [-0.3, -0.25) is 9.52 Å². The summed E-state index contributed by atoms with van der Waals surface area (Å²) in [4.78, 5) is 17.4. The van der Waals surface area contributed by atoms with E-state index in [1.165, 1.54) is 30.3 Å². The molecule has 0 atom stereocenters. The van der Waals surface area contributed by atoms with E-state index >= 15 is 0 Å². The summed E-state index contributed by atoms with van der Waals surface area (Å²) in [6.45, 7) is 0. The van der Waals surface area contributed by atoms with E-state index in [0.717, 1.165) is 5.52 Å². The number of hydrogen-bond donors (Lipinski definition) is 2. The topological polar surface area (TPSA) is 101 Å². The zero-order chi connectivity index (χ0) is 24.4. The minimum atomic E-state index is -3.84. The molecule has 174 valence electrons. The first-order chi connectivity index (χ1) is 16.9. The molecule has 0 fully saturated rings. The predicted molar refractivity (Wildman–Crippen MR) is 136 cm³/mol. The number of carbonyl (C=O) groups excluding carboxylic acids is 1. The van der Waals surface area contributed by atoms with Gasteiger partial charge in [-0.25, -0.2) is 13.4 Å². The number of halogens is 1. The van der Waals surface area contributed by atoms with Gasteiger partial charge in [-0.15, -0.1) is 0 Å². The SMILES string of the molecule is O=C(Nc1cccc(-c2nc3ccccc3o2)c1)c1cccc(NS(=O)(=O)c2ccc(Cl)cc2)c1. The van der Waals surface area contributed by atoms with Gasteiger partial charge in [0.25, 0.3) is 15.9 Å². The van der Waals surface area contributed by atoms with Gasteiger partial charge in [0.05, 0.1) is 4.90 Å².